The molecule has 0 aromatic heterocycles. The lowest BCUT2D eigenvalue weighted by molar-refractivity contribution is 0.112. The Labute approximate surface area is 152 Å². The molecule has 2 aromatic carbocycles. The fraction of sp³-hybridized carbons (Fsp3) is 0.350. The van der Waals surface area contributed by atoms with Gasteiger partial charge in [0.05, 0.1) is 12.2 Å². The number of nitrogens with one attached hydrogen (secondary N) is 1. The zero-order chi connectivity index (χ0) is 18.7. The van der Waals surface area contributed by atoms with Crippen molar-refractivity contribution in [3.63, 3.8) is 0 Å². The minimum Gasteiger partial charge on any atom is -0.370 e. The van der Waals surface area contributed by atoms with Crippen LogP contribution in [-0.2, 0) is 13.0 Å². The van der Waals surface area contributed by atoms with Crippen molar-refractivity contribution < 1.29 is 8.78 Å². The van der Waals surface area contributed by atoms with Gasteiger partial charge in [0.25, 0.3) is 0 Å². The largest absolute Gasteiger partial charge is 0.370 e. The number of nitrogens with two attached hydrogens (primary N) is 1. The summed E-state index contributed by atoms with van der Waals surface area (Å²) in [7, 11) is 0. The van der Waals surface area contributed by atoms with E-state index >= 15 is 0 Å². The molecular formula is C20H24F2N4. The fourth-order valence-corrected chi connectivity index (χ4v) is 3.16. The van der Waals surface area contributed by atoms with Gasteiger partial charge in [-0.25, -0.2) is 8.78 Å². The summed E-state index contributed by atoms with van der Waals surface area (Å²) in [4.78, 5) is 6.72. The number of hydrogen-bond acceptors (Lipinski definition) is 2. The zero-order valence-corrected chi connectivity index (χ0v) is 15.1. The third kappa shape index (κ3) is 4.19. The van der Waals surface area contributed by atoms with Crippen molar-refractivity contribution in [2.45, 2.75) is 32.4 Å². The predicted octanol–water partition coefficient (Wildman–Crippen LogP) is 3.53. The Balaban J connectivity index is 1.65. The summed E-state index contributed by atoms with van der Waals surface area (Å²) in [6.07, 6.45) is 1.01. The third-order valence-corrected chi connectivity index (χ3v) is 4.81. The van der Waals surface area contributed by atoms with Crippen molar-refractivity contribution >= 4 is 11.6 Å². The van der Waals surface area contributed by atoms with Crippen LogP contribution in [0.3, 0.4) is 0 Å². The second kappa shape index (κ2) is 7.41. The first-order chi connectivity index (χ1) is 12.3. The van der Waals surface area contributed by atoms with Crippen molar-refractivity contribution in [1.82, 2.24) is 4.90 Å². The van der Waals surface area contributed by atoms with E-state index in [0.717, 1.165) is 37.7 Å². The summed E-state index contributed by atoms with van der Waals surface area (Å²) >= 11 is 0. The second-order valence-corrected chi connectivity index (χ2v) is 7.20. The average molecular weight is 358 g/mol. The van der Waals surface area contributed by atoms with Crippen LogP contribution in [0.2, 0.25) is 0 Å². The summed E-state index contributed by atoms with van der Waals surface area (Å²) in [5, 5.41) is 2.64. The van der Waals surface area contributed by atoms with E-state index in [-0.39, 0.29) is 17.2 Å². The van der Waals surface area contributed by atoms with Crippen molar-refractivity contribution in [3.05, 3.63) is 65.2 Å². The topological polar surface area (TPSA) is 53.6 Å². The molecule has 0 unspecified atom stereocenters. The normalized spacial score (nSPS) is 15.6. The Morgan fingerprint density at radius 1 is 1.19 bits per heavy atom. The van der Waals surface area contributed by atoms with Crippen molar-refractivity contribution in [3.8, 4) is 0 Å². The number of benzene rings is 2. The highest BCUT2D eigenvalue weighted by atomic mass is 19.1. The number of fused-ring (bicyclic) bond motifs is 1. The fourth-order valence-electron chi connectivity index (χ4n) is 3.16. The van der Waals surface area contributed by atoms with Gasteiger partial charge in [-0.1, -0.05) is 24.3 Å². The highest BCUT2D eigenvalue weighted by Gasteiger charge is 2.29. The van der Waals surface area contributed by atoms with Gasteiger partial charge in [0.1, 0.15) is 11.6 Å². The maximum atomic E-state index is 13.7. The van der Waals surface area contributed by atoms with Crippen LogP contribution in [0.1, 0.15) is 25.0 Å². The first-order valence-electron chi connectivity index (χ1n) is 8.69. The maximum Gasteiger partial charge on any atom is 0.193 e. The Kier molecular flexibility index (Phi) is 5.23. The van der Waals surface area contributed by atoms with E-state index in [1.807, 2.05) is 0 Å². The van der Waals surface area contributed by atoms with Gasteiger partial charge in [-0.2, -0.15) is 0 Å². The molecule has 1 heterocycles. The molecule has 0 amide bonds. The van der Waals surface area contributed by atoms with Gasteiger partial charge < -0.3 is 11.1 Å². The number of rotatable bonds is 4. The minimum absolute atomic E-state index is 0.0176. The lowest BCUT2D eigenvalue weighted by atomic mass is 9.94. The molecule has 2 aromatic rings. The van der Waals surface area contributed by atoms with Crippen LogP contribution in [0.15, 0.2) is 47.5 Å². The summed E-state index contributed by atoms with van der Waals surface area (Å²) in [5.74, 6) is -1.04. The van der Waals surface area contributed by atoms with Crippen LogP contribution in [0, 0.1) is 11.6 Å². The molecule has 0 atom stereocenters. The molecule has 3 N–H and O–H groups in total. The van der Waals surface area contributed by atoms with E-state index in [0.29, 0.717) is 6.54 Å². The first kappa shape index (κ1) is 18.3. The van der Waals surface area contributed by atoms with E-state index in [2.05, 4.69) is 53.3 Å². The molecule has 0 saturated carbocycles. The van der Waals surface area contributed by atoms with Crippen LogP contribution in [0.25, 0.3) is 0 Å². The van der Waals surface area contributed by atoms with Crippen molar-refractivity contribution in [2.75, 3.05) is 18.4 Å². The molecular weight excluding hydrogens is 334 g/mol. The Morgan fingerprint density at radius 2 is 1.92 bits per heavy atom. The molecule has 1 aliphatic heterocycles. The van der Waals surface area contributed by atoms with Gasteiger partial charge in [-0.05, 0) is 43.5 Å². The van der Waals surface area contributed by atoms with Crippen LogP contribution < -0.4 is 11.1 Å². The summed E-state index contributed by atoms with van der Waals surface area (Å²) in [5.41, 5.74) is 8.37. The van der Waals surface area contributed by atoms with Gasteiger partial charge in [-0.3, -0.25) is 9.89 Å². The standard InChI is InChI=1S/C20H24F2N4/c1-20(2,26-10-9-14-5-3-4-6-15(14)12-26)13-24-19(23)25-18-11-16(21)7-8-17(18)22/h3-8,11H,9-10,12-13H2,1-2H3,(H3,23,24,25). The molecule has 4 nitrogen and oxygen atoms in total. The van der Waals surface area contributed by atoms with Crippen LogP contribution in [-0.4, -0.2) is 29.5 Å². The van der Waals surface area contributed by atoms with Crippen LogP contribution >= 0.6 is 0 Å². The lowest BCUT2D eigenvalue weighted by Crippen LogP contribution is -2.49. The lowest BCUT2D eigenvalue weighted by Gasteiger charge is -2.40. The summed E-state index contributed by atoms with van der Waals surface area (Å²) in [6, 6.07) is 11.6. The molecule has 0 saturated heterocycles. The van der Waals surface area contributed by atoms with Crippen LogP contribution in [0.5, 0.6) is 0 Å². The Hall–Kier alpha value is -2.47. The van der Waals surface area contributed by atoms with E-state index in [4.69, 9.17) is 5.73 Å². The van der Waals surface area contributed by atoms with Gasteiger partial charge >= 0.3 is 0 Å². The van der Waals surface area contributed by atoms with E-state index in [9.17, 15) is 8.78 Å². The molecule has 26 heavy (non-hydrogen) atoms. The maximum absolute atomic E-state index is 13.7. The number of guanidine groups is 1. The minimum atomic E-state index is -0.573. The Bertz CT molecular complexity index is 817. The number of halogens is 2. The molecule has 6 heteroatoms. The van der Waals surface area contributed by atoms with Gasteiger partial charge in [-0.15, -0.1) is 0 Å². The molecule has 0 radical (unpaired) electrons. The van der Waals surface area contributed by atoms with E-state index in [1.54, 1.807) is 0 Å². The molecule has 1 aliphatic rings. The molecule has 3 rings (SSSR count). The molecule has 0 fully saturated rings. The highest BCUT2D eigenvalue weighted by molar-refractivity contribution is 5.92. The Morgan fingerprint density at radius 3 is 2.69 bits per heavy atom. The predicted molar refractivity (Wildman–Crippen MR) is 101 cm³/mol. The van der Waals surface area contributed by atoms with Crippen molar-refractivity contribution in [1.29, 1.82) is 0 Å². The molecule has 0 aliphatic carbocycles. The number of nitrogens with zero attached hydrogens (tertiary/aromatic N) is 2. The number of hydrogen-bond donors (Lipinski definition) is 2. The molecule has 0 spiro atoms. The van der Waals surface area contributed by atoms with Crippen molar-refractivity contribution in [2.24, 2.45) is 10.7 Å². The SMILES string of the molecule is CC(C)(CN=C(N)Nc1cc(F)ccc1F)N1CCc2ccccc2C1. The highest BCUT2D eigenvalue weighted by Crippen LogP contribution is 2.25. The zero-order valence-electron chi connectivity index (χ0n) is 15.1. The number of anilines is 1. The van der Waals surface area contributed by atoms with E-state index in [1.165, 1.54) is 11.1 Å². The quantitative estimate of drug-likeness (QED) is 0.649. The van der Waals surface area contributed by atoms with Gasteiger partial charge in [0.15, 0.2) is 5.96 Å². The van der Waals surface area contributed by atoms with E-state index < -0.39 is 11.6 Å². The second-order valence-electron chi connectivity index (χ2n) is 7.20. The monoisotopic (exact) mass is 358 g/mol. The van der Waals surface area contributed by atoms with Gasteiger partial charge in [0, 0.05) is 24.7 Å². The summed E-state index contributed by atoms with van der Waals surface area (Å²) in [6.45, 7) is 6.49. The smallest absolute Gasteiger partial charge is 0.193 e. The van der Waals surface area contributed by atoms with Gasteiger partial charge in [0.2, 0.25) is 0 Å². The van der Waals surface area contributed by atoms with Crippen LogP contribution in [0.4, 0.5) is 14.5 Å². The molecule has 0 bridgehead atoms. The molecule has 138 valence electrons. The average Bonchev–Trinajstić information content (AvgIpc) is 2.63. The number of aliphatic imine (C=N–C) groups is 1. The third-order valence-electron chi connectivity index (χ3n) is 4.81. The first-order valence-corrected chi connectivity index (χ1v) is 8.69. The summed E-state index contributed by atoms with van der Waals surface area (Å²) < 4.78 is 26.9.